The standard InChI is InChI=1S/C38H35N11O31S10/c39-32-24(46-42-18-1-3-19(4-2-18)81(51,52)9-7-79-89(73,74)75)15-28(86(64,65)66)33(40)37(32)49-45-23-14-22(26(84(58,59)60)16-27(23)85(61,62)63)44-47-35-29(87(67,68)69)11-17-12-30(88(70,71)72)36(38(50)31(17)34(35)41)48-43-21-6-5-20(13-25(21)83(55,56)57)82(53,54)10-8-80-90(76,77)78/h1-6,11-16,50H,7-10,39-41H2,(H,55,56,57)(H,58,59,60)(H,61,62,63)(H,64,65,66)(H,67,68,69)(H,70,71,72)(H,73,74,75)(H,76,77,78)/b46-42+,47-44+,48-43+,49-45+. The molecule has 6 aromatic rings. The zero-order chi connectivity index (χ0) is 68.1. The molecule has 0 atom stereocenters. The van der Waals surface area contributed by atoms with Crippen LogP contribution < -0.4 is 17.2 Å². The average Bonchev–Trinajstić information content (AvgIpc) is 0.751. The lowest BCUT2D eigenvalue weighted by molar-refractivity contribution is 0.282. The number of hydrogen-bond acceptors (Lipinski definition) is 34. The van der Waals surface area contributed by atoms with Crippen LogP contribution in [-0.2, 0) is 110 Å². The molecule has 488 valence electrons. The van der Waals surface area contributed by atoms with Crippen molar-refractivity contribution in [3.8, 4) is 5.75 Å². The Bertz CT molecular complexity index is 5360. The van der Waals surface area contributed by atoms with E-state index in [0.717, 1.165) is 24.3 Å². The number of benzene rings is 6. The first-order valence-electron chi connectivity index (χ1n) is 22.3. The van der Waals surface area contributed by atoms with Gasteiger partial charge in [-0.05, 0) is 78.2 Å². The number of nitrogens with two attached hydrogens (primary N) is 3. The fraction of sp³-hybridized carbons (Fsp3) is 0.105. The van der Waals surface area contributed by atoms with Gasteiger partial charge >= 0.3 is 20.8 Å². The molecule has 90 heavy (non-hydrogen) atoms. The largest absolute Gasteiger partial charge is 0.505 e. The number of fused-ring (bicyclic) bond motifs is 1. The molecule has 0 heterocycles. The van der Waals surface area contributed by atoms with Crippen molar-refractivity contribution in [1.29, 1.82) is 0 Å². The highest BCUT2D eigenvalue weighted by Gasteiger charge is 2.32. The van der Waals surface area contributed by atoms with Gasteiger partial charge in [-0.2, -0.15) is 72.5 Å². The number of phenols is 1. The van der Waals surface area contributed by atoms with Crippen LogP contribution in [0.15, 0.2) is 153 Å². The Morgan fingerprint density at radius 1 is 0.344 bits per heavy atom. The molecule has 52 heteroatoms. The molecule has 15 N–H and O–H groups in total. The third-order valence-corrected chi connectivity index (χ3v) is 20.6. The Morgan fingerprint density at radius 3 is 1.19 bits per heavy atom. The molecule has 0 amide bonds. The molecule has 0 aliphatic carbocycles. The van der Waals surface area contributed by atoms with Crippen LogP contribution in [0.5, 0.6) is 5.75 Å². The molecule has 6 rings (SSSR count). The summed E-state index contributed by atoms with van der Waals surface area (Å²) in [6.45, 7) is -2.22. The topological polar surface area (TPSA) is 719 Å². The second-order valence-corrected chi connectivity index (χ2v) is 31.8. The summed E-state index contributed by atoms with van der Waals surface area (Å²) in [6, 6.07) is 6.25. The van der Waals surface area contributed by atoms with Gasteiger partial charge < -0.3 is 22.3 Å². The number of nitrogen functional groups attached to an aromatic ring is 3. The maximum absolute atomic E-state index is 12.9. The van der Waals surface area contributed by atoms with Crippen molar-refractivity contribution in [3.05, 3.63) is 72.8 Å². The van der Waals surface area contributed by atoms with E-state index in [1.165, 1.54) is 0 Å². The van der Waals surface area contributed by atoms with E-state index in [2.05, 4.69) is 49.3 Å². The van der Waals surface area contributed by atoms with Gasteiger partial charge in [0.05, 0.1) is 62.6 Å². The van der Waals surface area contributed by atoms with E-state index in [4.69, 9.17) is 26.3 Å². The number of rotatable bonds is 24. The highest BCUT2D eigenvalue weighted by Crippen LogP contribution is 2.50. The van der Waals surface area contributed by atoms with Crippen LogP contribution >= 0.6 is 0 Å². The summed E-state index contributed by atoms with van der Waals surface area (Å²) in [6.07, 6.45) is 0. The average molecular weight is 1460 g/mol. The first-order valence-corrected chi connectivity index (χ1v) is 37.0. The summed E-state index contributed by atoms with van der Waals surface area (Å²) in [5.41, 5.74) is 6.32. The number of azo groups is 4. The van der Waals surface area contributed by atoms with Gasteiger partial charge in [0, 0.05) is 0 Å². The molecule has 0 radical (unpaired) electrons. The molecule has 6 aromatic carbocycles. The highest BCUT2D eigenvalue weighted by molar-refractivity contribution is 7.92. The molecule has 0 unspecified atom stereocenters. The summed E-state index contributed by atoms with van der Waals surface area (Å²) < 4.78 is 332. The van der Waals surface area contributed by atoms with Crippen molar-refractivity contribution < 1.29 is 134 Å². The minimum absolute atomic E-state index is 0.0890. The molecule has 0 saturated heterocycles. The van der Waals surface area contributed by atoms with Crippen LogP contribution in [0.4, 0.5) is 62.6 Å². The van der Waals surface area contributed by atoms with Crippen molar-refractivity contribution in [2.45, 2.75) is 39.2 Å². The SMILES string of the molecule is Nc1c(/N=N/c2ccc(S(=O)(=O)CCOS(=O)(=O)O)cc2)cc(S(=O)(=O)O)c(N)c1/N=N/c1cc(/N=N/c2c(S(=O)(=O)O)cc3cc(S(=O)(=O)O)c(/N=N/c4ccc(S(=O)(=O)CCOS(=O)(=O)O)cc4S(=O)(=O)O)c(O)c3c2N)c(S(=O)(=O)O)cc1S(=O)(=O)O. The number of aromatic hydroxyl groups is 1. The van der Waals surface area contributed by atoms with E-state index in [-0.39, 0.29) is 36.0 Å². The third-order valence-electron chi connectivity index (χ3n) is 11.0. The molecule has 0 aliphatic rings. The third kappa shape index (κ3) is 17.2. The number of nitrogens with zero attached hydrogens (tertiary/aromatic N) is 8. The fourth-order valence-electron chi connectivity index (χ4n) is 7.13. The fourth-order valence-corrected chi connectivity index (χ4v) is 14.2. The van der Waals surface area contributed by atoms with E-state index in [9.17, 15) is 117 Å². The van der Waals surface area contributed by atoms with Gasteiger partial charge in [0.1, 0.15) is 69.2 Å². The smallest absolute Gasteiger partial charge is 0.397 e. The maximum atomic E-state index is 12.9. The summed E-state index contributed by atoms with van der Waals surface area (Å²) in [5.74, 6) is -3.80. The van der Waals surface area contributed by atoms with E-state index >= 15 is 0 Å². The minimum Gasteiger partial charge on any atom is -0.505 e. The van der Waals surface area contributed by atoms with Crippen LogP contribution in [0, 0.1) is 0 Å². The molecular formula is C38H35N11O31S10. The maximum Gasteiger partial charge on any atom is 0.397 e. The first kappa shape index (κ1) is 71.4. The zero-order valence-electron chi connectivity index (χ0n) is 43.2. The van der Waals surface area contributed by atoms with Gasteiger partial charge in [-0.15, -0.1) is 35.8 Å². The number of hydrogen-bond donors (Lipinski definition) is 12. The van der Waals surface area contributed by atoms with Crippen LogP contribution in [0.2, 0.25) is 0 Å². The predicted octanol–water partition coefficient (Wildman–Crippen LogP) is 3.62. The van der Waals surface area contributed by atoms with Gasteiger partial charge in [-0.25, -0.2) is 25.2 Å². The molecule has 0 saturated carbocycles. The summed E-state index contributed by atoms with van der Waals surface area (Å²) in [4.78, 5) is -10.5. The minimum atomic E-state index is -5.85. The molecule has 0 aromatic heterocycles. The molecule has 0 bridgehead atoms. The lowest BCUT2D eigenvalue weighted by Gasteiger charge is -2.14. The predicted molar refractivity (Wildman–Crippen MR) is 299 cm³/mol. The summed E-state index contributed by atoms with van der Waals surface area (Å²) in [5, 5.41) is 37.9. The van der Waals surface area contributed by atoms with Crippen LogP contribution in [0.25, 0.3) is 10.8 Å². The quantitative estimate of drug-likeness (QED) is 0.0234. The number of anilines is 3. The van der Waals surface area contributed by atoms with Crippen LogP contribution in [-0.4, -0.2) is 150 Å². The van der Waals surface area contributed by atoms with Crippen molar-refractivity contribution in [2.75, 3.05) is 41.9 Å². The van der Waals surface area contributed by atoms with Gasteiger partial charge in [0.2, 0.25) is 0 Å². The second-order valence-electron chi connectivity index (χ2n) is 17.1. The lowest BCUT2D eigenvalue weighted by Crippen LogP contribution is -2.16. The second kappa shape index (κ2) is 25.2. The van der Waals surface area contributed by atoms with Crippen molar-refractivity contribution >= 4 is 175 Å². The molecule has 0 spiro atoms. The molecule has 42 nitrogen and oxygen atoms in total. The normalized spacial score (nSPS) is 13.8. The van der Waals surface area contributed by atoms with Crippen LogP contribution in [0.1, 0.15) is 0 Å². The Kier molecular flexibility index (Phi) is 20.0. The van der Waals surface area contributed by atoms with E-state index in [1.54, 1.807) is 0 Å². The first-order chi connectivity index (χ1) is 40.8. The van der Waals surface area contributed by atoms with Gasteiger partial charge in [0.25, 0.3) is 60.7 Å². The Morgan fingerprint density at radius 2 is 0.733 bits per heavy atom. The van der Waals surface area contributed by atoms with Gasteiger partial charge in [-0.1, -0.05) is 0 Å². The van der Waals surface area contributed by atoms with Crippen molar-refractivity contribution in [3.63, 3.8) is 0 Å². The van der Waals surface area contributed by atoms with E-state index in [0.29, 0.717) is 18.2 Å². The van der Waals surface area contributed by atoms with E-state index < -0.39 is 238 Å². The lowest BCUT2D eigenvalue weighted by atomic mass is 10.1. The Labute approximate surface area is 505 Å². The highest BCUT2D eigenvalue weighted by atomic mass is 32.3. The number of phenolic OH excluding ortho intramolecular Hbond substituents is 1. The monoisotopic (exact) mass is 1460 g/mol. The van der Waals surface area contributed by atoms with E-state index in [1.807, 2.05) is 0 Å². The number of sulfone groups is 2. The van der Waals surface area contributed by atoms with Gasteiger partial charge in [0.15, 0.2) is 25.4 Å². The Balaban J connectivity index is 1.53. The summed E-state index contributed by atoms with van der Waals surface area (Å²) >= 11 is 0. The summed E-state index contributed by atoms with van der Waals surface area (Å²) in [7, 11) is -53.4. The van der Waals surface area contributed by atoms with Crippen LogP contribution in [0.3, 0.4) is 0 Å². The molecule has 0 aliphatic heterocycles. The van der Waals surface area contributed by atoms with Crippen molar-refractivity contribution in [1.82, 2.24) is 0 Å². The molecule has 0 fully saturated rings. The zero-order valence-corrected chi connectivity index (χ0v) is 51.3. The molecular weight excluding hydrogens is 1430 g/mol. The van der Waals surface area contributed by atoms with Gasteiger partial charge in [-0.3, -0.25) is 36.4 Å². The van der Waals surface area contributed by atoms with Crippen molar-refractivity contribution in [2.24, 2.45) is 40.9 Å². The Hall–Kier alpha value is -7.72.